The lowest BCUT2D eigenvalue weighted by molar-refractivity contribution is -0.161. The van der Waals surface area contributed by atoms with Gasteiger partial charge in [-0.25, -0.2) is 4.57 Å². The van der Waals surface area contributed by atoms with Crippen molar-refractivity contribution < 1.29 is 52.2 Å². The Morgan fingerprint density at radius 3 is 1.33 bits per heavy atom. The Balaban J connectivity index is 4.80. The number of phosphoric ester groups is 1. The van der Waals surface area contributed by atoms with Gasteiger partial charge in [0.05, 0.1) is 19.8 Å². The minimum Gasteiger partial charge on any atom is -0.462 e. The van der Waals surface area contributed by atoms with Gasteiger partial charge in [0.15, 0.2) is 6.10 Å². The second-order valence-corrected chi connectivity index (χ2v) is 18.1. The lowest BCUT2D eigenvalue weighted by Gasteiger charge is -2.21. The minimum atomic E-state index is -4.74. The van der Waals surface area contributed by atoms with Crippen LogP contribution in [-0.4, -0.2) is 66.5 Å². The maximum absolute atomic E-state index is 12.8. The molecule has 0 fully saturated rings. The topological polar surface area (TPSA) is 155 Å². The lowest BCUT2D eigenvalue weighted by Crippen LogP contribution is -2.30. The fraction of sp³-hybridized carbons (Fsp3) is 0.750. The molecule has 0 aliphatic carbocycles. The third-order valence-electron chi connectivity index (χ3n) is 10.4. The summed E-state index contributed by atoms with van der Waals surface area (Å²) in [6.07, 6.45) is 47.7. The second-order valence-electron chi connectivity index (χ2n) is 16.6. The first-order valence-corrected chi connectivity index (χ1v) is 26.7. The number of ether oxygens (including phenoxy) is 3. The van der Waals surface area contributed by atoms with E-state index in [1.807, 2.05) is 0 Å². The van der Waals surface area contributed by atoms with Crippen LogP contribution >= 0.6 is 7.82 Å². The third kappa shape index (κ3) is 44.4. The smallest absolute Gasteiger partial charge is 0.462 e. The van der Waals surface area contributed by atoms with Crippen LogP contribution in [-0.2, 0) is 42.2 Å². The number of hydrogen-bond donors (Lipinski definition) is 2. The normalized spacial score (nSPS) is 14.0. The number of esters is 3. The number of carbonyl (C=O) groups is 3. The second kappa shape index (κ2) is 46.7. The molecule has 3 atom stereocenters. The quantitative estimate of drug-likeness (QED) is 0.0197. The van der Waals surface area contributed by atoms with Crippen molar-refractivity contribution in [2.75, 3.05) is 26.4 Å². The van der Waals surface area contributed by atoms with Crippen LogP contribution in [0.3, 0.4) is 0 Å². The van der Waals surface area contributed by atoms with Crippen molar-refractivity contribution in [2.24, 2.45) is 0 Å². The summed E-state index contributed by atoms with van der Waals surface area (Å²) in [6, 6.07) is 0. The Kier molecular flexibility index (Phi) is 44.6. The van der Waals surface area contributed by atoms with E-state index in [0.29, 0.717) is 19.3 Å². The highest BCUT2D eigenvalue weighted by Gasteiger charge is 2.28. The largest absolute Gasteiger partial charge is 0.472 e. The van der Waals surface area contributed by atoms with Crippen LogP contribution in [0.2, 0.25) is 0 Å². The predicted octanol–water partition coefficient (Wildman–Crippen LogP) is 14.0. The van der Waals surface area contributed by atoms with E-state index in [1.54, 1.807) is 0 Å². The first kappa shape index (κ1) is 61.2. The van der Waals surface area contributed by atoms with E-state index >= 15 is 0 Å². The van der Waals surface area contributed by atoms with Gasteiger partial charge in [0.1, 0.15) is 12.7 Å². The van der Waals surface area contributed by atoms with E-state index in [2.05, 4.69) is 81.5 Å². The van der Waals surface area contributed by atoms with E-state index in [9.17, 15) is 28.9 Å². The average Bonchev–Trinajstić information content (AvgIpc) is 3.28. The van der Waals surface area contributed by atoms with Gasteiger partial charge < -0.3 is 24.2 Å². The summed E-state index contributed by atoms with van der Waals surface area (Å²) < 4.78 is 39.2. The van der Waals surface area contributed by atoms with Crippen molar-refractivity contribution in [1.82, 2.24) is 0 Å². The van der Waals surface area contributed by atoms with Crippen LogP contribution < -0.4 is 0 Å². The lowest BCUT2D eigenvalue weighted by atomic mass is 10.1. The molecule has 0 aliphatic rings. The highest BCUT2D eigenvalue weighted by atomic mass is 31.2. The molecule has 11 nitrogen and oxygen atoms in total. The van der Waals surface area contributed by atoms with Gasteiger partial charge in [-0.15, -0.1) is 0 Å². The molecule has 0 heterocycles. The summed E-state index contributed by atoms with van der Waals surface area (Å²) in [7, 11) is -4.74. The fourth-order valence-electron chi connectivity index (χ4n) is 6.58. The summed E-state index contributed by atoms with van der Waals surface area (Å²) in [5, 5.41) is 9.75. The Morgan fingerprint density at radius 1 is 0.453 bits per heavy atom. The molecule has 2 N–H and O–H groups in total. The van der Waals surface area contributed by atoms with E-state index in [-0.39, 0.29) is 25.9 Å². The first-order chi connectivity index (χ1) is 31.2. The maximum atomic E-state index is 12.8. The van der Waals surface area contributed by atoms with Gasteiger partial charge >= 0.3 is 25.7 Å². The number of carbonyl (C=O) groups excluding carboxylic acids is 3. The molecule has 0 aromatic heterocycles. The molecule has 0 aromatic rings. The van der Waals surface area contributed by atoms with Crippen molar-refractivity contribution in [3.05, 3.63) is 60.8 Å². The van der Waals surface area contributed by atoms with Crippen molar-refractivity contribution in [3.8, 4) is 0 Å². The number of allylic oxidation sites excluding steroid dienone is 10. The molecular formula is C52H91O11P. The van der Waals surface area contributed by atoms with Crippen LogP contribution in [0.4, 0.5) is 0 Å². The van der Waals surface area contributed by atoms with Crippen LogP contribution in [0.25, 0.3) is 0 Å². The summed E-state index contributed by atoms with van der Waals surface area (Å²) in [6.45, 7) is 4.39. The van der Waals surface area contributed by atoms with Gasteiger partial charge in [-0.05, 0) is 77.0 Å². The van der Waals surface area contributed by atoms with Crippen molar-refractivity contribution >= 4 is 25.7 Å². The Bertz CT molecular complexity index is 1310. The van der Waals surface area contributed by atoms with Gasteiger partial charge in [0.2, 0.25) is 0 Å². The maximum Gasteiger partial charge on any atom is 0.472 e. The SMILES string of the molecule is CC/C=C\C/C=C\C/C=C\CCCCCC(=O)OCC(COP(=O)(O)OCC(CO)OC(=O)CCCCCCCCCCCCC)OC(=O)CCCCCCC/C=C\C/C=C\CCC. The third-order valence-corrected chi connectivity index (χ3v) is 11.4. The van der Waals surface area contributed by atoms with E-state index in [4.69, 9.17) is 23.3 Å². The Labute approximate surface area is 389 Å². The van der Waals surface area contributed by atoms with Crippen molar-refractivity contribution in [1.29, 1.82) is 0 Å². The van der Waals surface area contributed by atoms with Crippen molar-refractivity contribution in [3.63, 3.8) is 0 Å². The highest BCUT2D eigenvalue weighted by Crippen LogP contribution is 2.43. The Hall–Kier alpha value is -2.82. The molecular weight excluding hydrogens is 832 g/mol. The van der Waals surface area contributed by atoms with Gasteiger partial charge in [-0.1, -0.05) is 178 Å². The van der Waals surface area contributed by atoms with E-state index < -0.39 is 57.8 Å². The average molecular weight is 923 g/mol. The monoisotopic (exact) mass is 923 g/mol. The molecule has 0 radical (unpaired) electrons. The molecule has 370 valence electrons. The first-order valence-electron chi connectivity index (χ1n) is 25.2. The number of phosphoric acid groups is 1. The Morgan fingerprint density at radius 2 is 0.844 bits per heavy atom. The number of hydrogen-bond acceptors (Lipinski definition) is 10. The standard InChI is InChI=1S/C52H91O11P/c1-4-7-10-13-16-19-22-24-27-29-32-35-38-41-50(54)59-45-49(63-52(56)43-40-37-34-31-28-25-23-20-17-14-11-8-5-2)47-61-64(57,58)60-46-48(44-53)62-51(55)42-39-36-33-30-26-21-18-15-12-9-6-3/h7,10-11,14,16,19-20,23-24,27,48-49,53H,4-6,8-9,12-13,15,17-18,21-22,25-26,28-47H2,1-3H3,(H,57,58)/b10-7-,14-11-,19-16-,23-20-,27-24-. The predicted molar refractivity (Wildman–Crippen MR) is 261 cm³/mol. The van der Waals surface area contributed by atoms with E-state index in [0.717, 1.165) is 109 Å². The molecule has 0 aromatic carbocycles. The minimum absolute atomic E-state index is 0.144. The molecule has 0 spiro atoms. The molecule has 0 aliphatic heterocycles. The summed E-state index contributed by atoms with van der Waals surface area (Å²) >= 11 is 0. The number of aliphatic hydroxyl groups is 1. The molecule has 0 saturated heterocycles. The number of rotatable bonds is 46. The molecule has 0 amide bonds. The highest BCUT2D eigenvalue weighted by molar-refractivity contribution is 7.47. The summed E-state index contributed by atoms with van der Waals surface area (Å²) in [5.74, 6) is -1.52. The molecule has 12 heteroatoms. The zero-order valence-corrected chi connectivity index (χ0v) is 41.4. The number of unbranched alkanes of at least 4 members (excludes halogenated alkanes) is 19. The molecule has 0 rings (SSSR count). The van der Waals surface area contributed by atoms with Crippen LogP contribution in [0, 0.1) is 0 Å². The van der Waals surface area contributed by atoms with Gasteiger partial charge in [0, 0.05) is 19.3 Å². The molecule has 0 bridgehead atoms. The van der Waals surface area contributed by atoms with Crippen LogP contribution in [0.15, 0.2) is 60.8 Å². The molecule has 3 unspecified atom stereocenters. The molecule has 64 heavy (non-hydrogen) atoms. The van der Waals surface area contributed by atoms with Gasteiger partial charge in [-0.2, -0.15) is 0 Å². The summed E-state index contributed by atoms with van der Waals surface area (Å²) in [5.41, 5.74) is 0. The van der Waals surface area contributed by atoms with Gasteiger partial charge in [0.25, 0.3) is 0 Å². The van der Waals surface area contributed by atoms with Crippen LogP contribution in [0.1, 0.15) is 213 Å². The van der Waals surface area contributed by atoms with E-state index in [1.165, 1.54) is 44.9 Å². The fourth-order valence-corrected chi connectivity index (χ4v) is 7.37. The number of aliphatic hydroxyl groups excluding tert-OH is 1. The summed E-state index contributed by atoms with van der Waals surface area (Å²) in [4.78, 5) is 48.2. The van der Waals surface area contributed by atoms with Crippen LogP contribution in [0.5, 0.6) is 0 Å². The zero-order chi connectivity index (χ0) is 47.0. The van der Waals surface area contributed by atoms with Crippen molar-refractivity contribution in [2.45, 2.75) is 226 Å². The van der Waals surface area contributed by atoms with Gasteiger partial charge in [-0.3, -0.25) is 23.4 Å². The molecule has 0 saturated carbocycles. The zero-order valence-electron chi connectivity index (χ0n) is 40.5.